The number of aromatic nitrogens is 2. The van der Waals surface area contributed by atoms with Crippen molar-refractivity contribution < 1.29 is 22.1 Å². The first-order chi connectivity index (χ1) is 8.01. The number of nitrogens with zero attached hydrogens (tertiary/aromatic N) is 2. The molecule has 2 heterocycles. The van der Waals surface area contributed by atoms with Gasteiger partial charge < -0.3 is 9.84 Å². The summed E-state index contributed by atoms with van der Waals surface area (Å²) in [5, 5.41) is 6.34. The van der Waals surface area contributed by atoms with Gasteiger partial charge in [0, 0.05) is 0 Å². The van der Waals surface area contributed by atoms with Gasteiger partial charge in [0.05, 0.1) is 6.04 Å². The van der Waals surface area contributed by atoms with Crippen molar-refractivity contribution in [1.29, 1.82) is 0 Å². The number of hydrogen-bond donors (Lipinski definition) is 1. The molecule has 0 radical (unpaired) electrons. The van der Waals surface area contributed by atoms with Gasteiger partial charge in [-0.15, -0.1) is 0 Å². The Hall–Kier alpha value is -1.18. The predicted octanol–water partition coefficient (Wildman–Crippen LogP) is 2.24. The van der Waals surface area contributed by atoms with E-state index in [1.165, 1.54) is 0 Å². The Labute approximate surface area is 94.4 Å². The number of piperidine rings is 1. The number of alkyl halides is 4. The van der Waals surface area contributed by atoms with Crippen molar-refractivity contribution in [2.75, 3.05) is 6.54 Å². The number of halogens is 4. The summed E-state index contributed by atoms with van der Waals surface area (Å²) in [6.07, 6.45) is -1.28. The summed E-state index contributed by atoms with van der Waals surface area (Å²) in [6.45, 7) is 0.722. The first-order valence-electron chi connectivity index (χ1n) is 5.25. The molecule has 1 unspecified atom stereocenters. The molecule has 1 saturated heterocycles. The van der Waals surface area contributed by atoms with E-state index in [4.69, 9.17) is 0 Å². The van der Waals surface area contributed by atoms with Gasteiger partial charge in [-0.25, -0.2) is 8.78 Å². The Balaban J connectivity index is 2.15. The van der Waals surface area contributed by atoms with Gasteiger partial charge in [0.15, 0.2) is 5.82 Å². The molecule has 0 saturated carbocycles. The zero-order chi connectivity index (χ0) is 12.5. The Morgan fingerprint density at radius 3 is 2.71 bits per heavy atom. The van der Waals surface area contributed by atoms with E-state index in [2.05, 4.69) is 20.0 Å². The van der Waals surface area contributed by atoms with Crippen LogP contribution in [0.25, 0.3) is 0 Å². The van der Waals surface area contributed by atoms with Crippen molar-refractivity contribution in [2.45, 2.75) is 37.7 Å². The third-order valence-corrected chi connectivity index (χ3v) is 2.62. The molecular weight excluding hydrogens is 242 g/mol. The summed E-state index contributed by atoms with van der Waals surface area (Å²) in [7, 11) is 0. The van der Waals surface area contributed by atoms with Gasteiger partial charge >= 0.3 is 18.2 Å². The monoisotopic (exact) mass is 253 g/mol. The molecule has 1 aromatic rings. The minimum absolute atomic E-state index is 0.0139. The Morgan fingerprint density at radius 2 is 2.12 bits per heavy atom. The molecule has 1 atom stereocenters. The molecule has 0 aliphatic carbocycles. The maximum absolute atomic E-state index is 12.9. The molecule has 1 fully saturated rings. The lowest BCUT2D eigenvalue weighted by molar-refractivity contribution is -0.152. The topological polar surface area (TPSA) is 51.0 Å². The lowest BCUT2D eigenvalue weighted by atomic mass is 10.0. The lowest BCUT2D eigenvalue weighted by Gasteiger charge is -2.19. The Kier molecular flexibility index (Phi) is 3.32. The summed E-state index contributed by atoms with van der Waals surface area (Å²) < 4.78 is 54.1. The van der Waals surface area contributed by atoms with Gasteiger partial charge in [0.1, 0.15) is 0 Å². The quantitative estimate of drug-likeness (QED) is 0.839. The van der Waals surface area contributed by atoms with Crippen LogP contribution in [0, 0.1) is 0 Å². The van der Waals surface area contributed by atoms with Crippen LogP contribution in [0.4, 0.5) is 17.6 Å². The maximum atomic E-state index is 12.9. The summed E-state index contributed by atoms with van der Waals surface area (Å²) in [4.78, 5) is 3.36. The van der Waals surface area contributed by atoms with Crippen LogP contribution in [0.5, 0.6) is 0 Å². The van der Waals surface area contributed by atoms with Crippen molar-refractivity contribution in [2.24, 2.45) is 0 Å². The zero-order valence-corrected chi connectivity index (χ0v) is 8.80. The van der Waals surface area contributed by atoms with Gasteiger partial charge in [-0.1, -0.05) is 11.6 Å². The molecular formula is C9H11F4N3O. The SMILES string of the molecule is FC(F)C(F)(F)c1nc(C2CCCCN2)no1. The van der Waals surface area contributed by atoms with Gasteiger partial charge in [0.2, 0.25) is 0 Å². The molecule has 17 heavy (non-hydrogen) atoms. The third-order valence-electron chi connectivity index (χ3n) is 2.62. The molecule has 1 aromatic heterocycles. The number of hydrogen-bond acceptors (Lipinski definition) is 4. The highest BCUT2D eigenvalue weighted by Gasteiger charge is 2.48. The molecule has 0 amide bonds. The third kappa shape index (κ3) is 2.41. The number of nitrogens with one attached hydrogen (secondary N) is 1. The molecule has 0 spiro atoms. The minimum Gasteiger partial charge on any atom is -0.332 e. The van der Waals surface area contributed by atoms with Gasteiger partial charge in [-0.05, 0) is 19.4 Å². The molecule has 4 nitrogen and oxygen atoms in total. The zero-order valence-electron chi connectivity index (χ0n) is 8.80. The Bertz CT molecular complexity index is 376. The lowest BCUT2D eigenvalue weighted by Crippen LogP contribution is -2.28. The van der Waals surface area contributed by atoms with Crippen LogP contribution < -0.4 is 5.32 Å². The average Bonchev–Trinajstić information content (AvgIpc) is 2.80. The first kappa shape index (κ1) is 12.3. The molecule has 1 aliphatic heterocycles. The van der Waals surface area contributed by atoms with E-state index in [0.29, 0.717) is 6.42 Å². The predicted molar refractivity (Wildman–Crippen MR) is 48.8 cm³/mol. The van der Waals surface area contributed by atoms with E-state index >= 15 is 0 Å². The van der Waals surface area contributed by atoms with E-state index in [1.807, 2.05) is 0 Å². The van der Waals surface area contributed by atoms with Crippen LogP contribution in [0.3, 0.4) is 0 Å². The average molecular weight is 253 g/mol. The van der Waals surface area contributed by atoms with Crippen LogP contribution in [0.1, 0.15) is 37.0 Å². The summed E-state index contributed by atoms with van der Waals surface area (Å²) in [5.41, 5.74) is 0. The van der Waals surface area contributed by atoms with E-state index in [0.717, 1.165) is 19.4 Å². The molecule has 1 aliphatic rings. The van der Waals surface area contributed by atoms with Crippen LogP contribution in [-0.2, 0) is 5.92 Å². The van der Waals surface area contributed by atoms with E-state index < -0.39 is 18.2 Å². The summed E-state index contributed by atoms with van der Waals surface area (Å²) >= 11 is 0. The van der Waals surface area contributed by atoms with Crippen LogP contribution in [-0.4, -0.2) is 23.1 Å². The fraction of sp³-hybridized carbons (Fsp3) is 0.778. The molecule has 1 N–H and O–H groups in total. The fourth-order valence-corrected chi connectivity index (χ4v) is 1.68. The van der Waals surface area contributed by atoms with E-state index in [-0.39, 0.29) is 11.9 Å². The second kappa shape index (κ2) is 4.59. The highest BCUT2D eigenvalue weighted by molar-refractivity contribution is 5.00. The second-order valence-electron chi connectivity index (χ2n) is 3.88. The fourth-order valence-electron chi connectivity index (χ4n) is 1.68. The minimum atomic E-state index is -4.39. The van der Waals surface area contributed by atoms with Crippen molar-refractivity contribution in [3.8, 4) is 0 Å². The van der Waals surface area contributed by atoms with E-state index in [1.54, 1.807) is 0 Å². The number of rotatable bonds is 3. The van der Waals surface area contributed by atoms with Gasteiger partial charge in [0.25, 0.3) is 0 Å². The normalized spacial score (nSPS) is 22.1. The largest absolute Gasteiger partial charge is 0.383 e. The van der Waals surface area contributed by atoms with E-state index in [9.17, 15) is 17.6 Å². The Morgan fingerprint density at radius 1 is 1.35 bits per heavy atom. The van der Waals surface area contributed by atoms with Crippen LogP contribution in [0.15, 0.2) is 4.52 Å². The molecule has 96 valence electrons. The van der Waals surface area contributed by atoms with Crippen molar-refractivity contribution >= 4 is 0 Å². The first-order valence-corrected chi connectivity index (χ1v) is 5.25. The maximum Gasteiger partial charge on any atom is 0.383 e. The molecule has 0 bridgehead atoms. The van der Waals surface area contributed by atoms with Crippen molar-refractivity contribution in [1.82, 2.24) is 15.5 Å². The van der Waals surface area contributed by atoms with Crippen LogP contribution >= 0.6 is 0 Å². The van der Waals surface area contributed by atoms with Gasteiger partial charge in [-0.3, -0.25) is 0 Å². The summed E-state index contributed by atoms with van der Waals surface area (Å²) in [6, 6.07) is -0.297. The molecule has 0 aromatic carbocycles. The molecule has 8 heteroatoms. The highest BCUT2D eigenvalue weighted by Crippen LogP contribution is 2.34. The van der Waals surface area contributed by atoms with Gasteiger partial charge in [-0.2, -0.15) is 13.8 Å². The highest BCUT2D eigenvalue weighted by atomic mass is 19.3. The smallest absolute Gasteiger partial charge is 0.332 e. The van der Waals surface area contributed by atoms with Crippen molar-refractivity contribution in [3.63, 3.8) is 0 Å². The van der Waals surface area contributed by atoms with Crippen molar-refractivity contribution in [3.05, 3.63) is 11.7 Å². The second-order valence-corrected chi connectivity index (χ2v) is 3.88. The summed E-state index contributed by atoms with van der Waals surface area (Å²) in [5.74, 6) is -5.70. The standard InChI is InChI=1S/C9H11F4N3O/c10-7(11)9(12,13)8-15-6(16-17-8)5-3-1-2-4-14-5/h5,7,14H,1-4H2. The van der Waals surface area contributed by atoms with Crippen LogP contribution in [0.2, 0.25) is 0 Å². The molecule has 2 rings (SSSR count).